The summed E-state index contributed by atoms with van der Waals surface area (Å²) < 4.78 is 1.94. The molecule has 3 heterocycles. The Kier molecular flexibility index (Phi) is 3.94. The molecule has 20 heavy (non-hydrogen) atoms. The Morgan fingerprint density at radius 3 is 3.15 bits per heavy atom. The molecule has 0 amide bonds. The van der Waals surface area contributed by atoms with Crippen LogP contribution in [0, 0.1) is 0 Å². The summed E-state index contributed by atoms with van der Waals surface area (Å²) in [6.45, 7) is 3.82. The summed E-state index contributed by atoms with van der Waals surface area (Å²) in [7, 11) is 0. The molecule has 0 spiro atoms. The van der Waals surface area contributed by atoms with Gasteiger partial charge in [0.05, 0.1) is 23.3 Å². The highest BCUT2D eigenvalue weighted by atomic mass is 32.1. The van der Waals surface area contributed by atoms with Crippen LogP contribution >= 0.6 is 11.3 Å². The third-order valence-corrected chi connectivity index (χ3v) is 4.03. The van der Waals surface area contributed by atoms with E-state index in [1.165, 1.54) is 10.4 Å². The second-order valence-corrected chi connectivity index (χ2v) is 5.71. The number of hydrogen-bond donors (Lipinski definition) is 2. The van der Waals surface area contributed by atoms with Crippen molar-refractivity contribution >= 4 is 11.3 Å². The lowest BCUT2D eigenvalue weighted by Crippen LogP contribution is -2.30. The minimum atomic E-state index is 0.348. The molecular weight excluding hydrogens is 270 g/mol. The fourth-order valence-corrected chi connectivity index (χ4v) is 2.87. The van der Waals surface area contributed by atoms with Crippen LogP contribution in [0.15, 0.2) is 42.2 Å². The van der Waals surface area contributed by atoms with Crippen LogP contribution in [0.4, 0.5) is 0 Å². The van der Waals surface area contributed by atoms with E-state index < -0.39 is 0 Å². The van der Waals surface area contributed by atoms with Gasteiger partial charge in [0, 0.05) is 30.5 Å². The smallest absolute Gasteiger partial charge is 0.0794 e. The van der Waals surface area contributed by atoms with Gasteiger partial charge in [-0.2, -0.15) is 10.2 Å². The SMILES string of the molecule is CC(Cn1cccn1)NCc1cn[nH]c1-c1cccs1. The van der Waals surface area contributed by atoms with Gasteiger partial charge in [-0.3, -0.25) is 9.78 Å². The van der Waals surface area contributed by atoms with Crippen molar-refractivity contribution in [2.75, 3.05) is 0 Å². The molecule has 6 heteroatoms. The Balaban J connectivity index is 1.60. The Labute approximate surface area is 121 Å². The third kappa shape index (κ3) is 2.97. The number of hydrogen-bond acceptors (Lipinski definition) is 4. The Hall–Kier alpha value is -1.92. The van der Waals surface area contributed by atoms with Gasteiger partial charge in [0.1, 0.15) is 0 Å². The Bertz CT molecular complexity index is 626. The topological polar surface area (TPSA) is 58.5 Å². The fraction of sp³-hybridized carbons (Fsp3) is 0.286. The molecule has 3 rings (SSSR count). The lowest BCUT2D eigenvalue weighted by atomic mass is 10.2. The van der Waals surface area contributed by atoms with Crippen LogP contribution in [-0.4, -0.2) is 26.0 Å². The molecule has 3 aromatic rings. The second kappa shape index (κ2) is 6.02. The first-order valence-electron chi connectivity index (χ1n) is 6.60. The zero-order chi connectivity index (χ0) is 13.8. The highest BCUT2D eigenvalue weighted by molar-refractivity contribution is 7.13. The third-order valence-electron chi connectivity index (χ3n) is 3.15. The fourth-order valence-electron chi connectivity index (χ4n) is 2.12. The number of nitrogens with one attached hydrogen (secondary N) is 2. The first-order chi connectivity index (χ1) is 9.83. The van der Waals surface area contributed by atoms with E-state index in [1.807, 2.05) is 23.1 Å². The molecule has 0 aliphatic carbocycles. The van der Waals surface area contributed by atoms with Crippen LogP contribution in [0.1, 0.15) is 12.5 Å². The standard InChI is InChI=1S/C14H17N5S/c1-11(10-19-6-3-5-17-19)15-8-12-9-16-18-14(12)13-4-2-7-20-13/h2-7,9,11,15H,8,10H2,1H3,(H,16,18). The summed E-state index contributed by atoms with van der Waals surface area (Å²) in [5, 5.41) is 17.0. The van der Waals surface area contributed by atoms with Crippen LogP contribution < -0.4 is 5.32 Å². The van der Waals surface area contributed by atoms with Crippen molar-refractivity contribution in [3.05, 3.63) is 47.7 Å². The number of nitrogens with zero attached hydrogens (tertiary/aromatic N) is 3. The first kappa shape index (κ1) is 13.1. The van der Waals surface area contributed by atoms with Crippen LogP contribution in [-0.2, 0) is 13.1 Å². The average Bonchev–Trinajstić information content (AvgIpc) is 3.18. The molecular formula is C14H17N5S. The average molecular weight is 287 g/mol. The second-order valence-electron chi connectivity index (χ2n) is 4.76. The maximum Gasteiger partial charge on any atom is 0.0794 e. The summed E-state index contributed by atoms with van der Waals surface area (Å²) in [5.74, 6) is 0. The van der Waals surface area contributed by atoms with E-state index in [2.05, 4.69) is 45.0 Å². The van der Waals surface area contributed by atoms with E-state index >= 15 is 0 Å². The van der Waals surface area contributed by atoms with Gasteiger partial charge in [0.2, 0.25) is 0 Å². The van der Waals surface area contributed by atoms with E-state index in [1.54, 1.807) is 17.5 Å². The number of rotatable bonds is 6. The Morgan fingerprint density at radius 1 is 1.45 bits per heavy atom. The monoisotopic (exact) mass is 287 g/mol. The van der Waals surface area contributed by atoms with E-state index in [0.717, 1.165) is 18.8 Å². The zero-order valence-electron chi connectivity index (χ0n) is 11.3. The summed E-state index contributed by atoms with van der Waals surface area (Å²) in [6, 6.07) is 6.45. The predicted molar refractivity (Wildman–Crippen MR) is 80.4 cm³/mol. The van der Waals surface area contributed by atoms with Gasteiger partial charge in [-0.25, -0.2) is 0 Å². The molecule has 5 nitrogen and oxygen atoms in total. The molecule has 3 aromatic heterocycles. The van der Waals surface area contributed by atoms with E-state index in [4.69, 9.17) is 0 Å². The highest BCUT2D eigenvalue weighted by Crippen LogP contribution is 2.25. The maximum atomic E-state index is 4.22. The quantitative estimate of drug-likeness (QED) is 0.732. The lowest BCUT2D eigenvalue weighted by Gasteiger charge is -2.13. The van der Waals surface area contributed by atoms with Crippen LogP contribution in [0.2, 0.25) is 0 Å². The molecule has 0 aliphatic rings. The normalized spacial score (nSPS) is 12.7. The van der Waals surface area contributed by atoms with Gasteiger partial charge < -0.3 is 5.32 Å². The number of thiophene rings is 1. The first-order valence-corrected chi connectivity index (χ1v) is 7.48. The molecule has 0 saturated heterocycles. The van der Waals surface area contributed by atoms with Gasteiger partial charge in [0.25, 0.3) is 0 Å². The summed E-state index contributed by atoms with van der Waals surface area (Å²) in [5.41, 5.74) is 2.30. The molecule has 0 saturated carbocycles. The van der Waals surface area contributed by atoms with Crippen LogP contribution in [0.3, 0.4) is 0 Å². The van der Waals surface area contributed by atoms with Crippen molar-refractivity contribution in [3.63, 3.8) is 0 Å². The minimum Gasteiger partial charge on any atom is -0.308 e. The predicted octanol–water partition coefficient (Wildman–Crippen LogP) is 2.51. The zero-order valence-corrected chi connectivity index (χ0v) is 12.1. The van der Waals surface area contributed by atoms with Crippen molar-refractivity contribution in [1.82, 2.24) is 25.3 Å². The van der Waals surface area contributed by atoms with Gasteiger partial charge in [-0.15, -0.1) is 11.3 Å². The van der Waals surface area contributed by atoms with E-state index in [9.17, 15) is 0 Å². The molecule has 0 bridgehead atoms. The lowest BCUT2D eigenvalue weighted by molar-refractivity contribution is 0.451. The number of H-pyrrole nitrogens is 1. The van der Waals surface area contributed by atoms with E-state index in [-0.39, 0.29) is 0 Å². The molecule has 1 atom stereocenters. The summed E-state index contributed by atoms with van der Waals surface area (Å²) >= 11 is 1.72. The van der Waals surface area contributed by atoms with Crippen LogP contribution in [0.5, 0.6) is 0 Å². The van der Waals surface area contributed by atoms with Gasteiger partial charge >= 0.3 is 0 Å². The summed E-state index contributed by atoms with van der Waals surface area (Å²) in [6.07, 6.45) is 5.67. The molecule has 0 aromatic carbocycles. The largest absolute Gasteiger partial charge is 0.308 e. The molecule has 1 unspecified atom stereocenters. The number of aromatic amines is 1. The minimum absolute atomic E-state index is 0.348. The number of aromatic nitrogens is 4. The van der Waals surface area contributed by atoms with Crippen molar-refractivity contribution in [1.29, 1.82) is 0 Å². The molecule has 0 aliphatic heterocycles. The maximum absolute atomic E-state index is 4.22. The van der Waals surface area contributed by atoms with Gasteiger partial charge in [-0.05, 0) is 24.4 Å². The van der Waals surface area contributed by atoms with Crippen molar-refractivity contribution < 1.29 is 0 Å². The van der Waals surface area contributed by atoms with Crippen molar-refractivity contribution in [2.45, 2.75) is 26.1 Å². The van der Waals surface area contributed by atoms with Gasteiger partial charge in [0.15, 0.2) is 0 Å². The van der Waals surface area contributed by atoms with Crippen molar-refractivity contribution in [2.24, 2.45) is 0 Å². The Morgan fingerprint density at radius 2 is 2.40 bits per heavy atom. The molecule has 104 valence electrons. The summed E-state index contributed by atoms with van der Waals surface area (Å²) in [4.78, 5) is 1.22. The highest BCUT2D eigenvalue weighted by Gasteiger charge is 2.10. The van der Waals surface area contributed by atoms with E-state index in [0.29, 0.717) is 6.04 Å². The van der Waals surface area contributed by atoms with Crippen LogP contribution in [0.25, 0.3) is 10.6 Å². The molecule has 0 fully saturated rings. The molecule has 2 N–H and O–H groups in total. The van der Waals surface area contributed by atoms with Crippen molar-refractivity contribution in [3.8, 4) is 10.6 Å². The van der Waals surface area contributed by atoms with Gasteiger partial charge in [-0.1, -0.05) is 6.07 Å². The molecule has 0 radical (unpaired) electrons.